The van der Waals surface area contributed by atoms with Crippen molar-refractivity contribution in [2.75, 3.05) is 7.11 Å². The van der Waals surface area contributed by atoms with Crippen molar-refractivity contribution >= 4 is 11.6 Å². The molecule has 2 unspecified atom stereocenters. The molecule has 0 aliphatic heterocycles. The molecule has 1 amide bonds. The highest BCUT2D eigenvalue weighted by Gasteiger charge is 2.49. The van der Waals surface area contributed by atoms with Crippen LogP contribution in [0, 0.1) is 15.5 Å². The van der Waals surface area contributed by atoms with Gasteiger partial charge < -0.3 is 15.2 Å². The van der Waals surface area contributed by atoms with Crippen LogP contribution in [0.25, 0.3) is 0 Å². The molecule has 1 aromatic rings. The fraction of sp³-hybridized carbons (Fsp3) is 0.500. The predicted molar refractivity (Wildman–Crippen MR) is 75.2 cm³/mol. The first-order valence-corrected chi connectivity index (χ1v) is 6.58. The van der Waals surface area contributed by atoms with E-state index in [0.717, 1.165) is 12.1 Å². The zero-order valence-electron chi connectivity index (χ0n) is 12.1. The van der Waals surface area contributed by atoms with Gasteiger partial charge in [-0.15, -0.1) is 0 Å². The fourth-order valence-corrected chi connectivity index (χ4v) is 2.63. The molecule has 2 N–H and O–H groups in total. The number of amides is 1. The Labute approximate surface area is 122 Å². The Bertz CT molecular complexity index is 585. The van der Waals surface area contributed by atoms with Gasteiger partial charge in [-0.2, -0.15) is 0 Å². The Morgan fingerprint density at radius 1 is 1.52 bits per heavy atom. The third kappa shape index (κ3) is 2.69. The third-order valence-corrected chi connectivity index (χ3v) is 4.19. The maximum Gasteiger partial charge on any atom is 0.282 e. The van der Waals surface area contributed by atoms with Gasteiger partial charge in [-0.3, -0.25) is 14.9 Å². The Balaban J connectivity index is 2.19. The van der Waals surface area contributed by atoms with Gasteiger partial charge >= 0.3 is 0 Å². The van der Waals surface area contributed by atoms with Crippen LogP contribution < -0.4 is 5.32 Å². The van der Waals surface area contributed by atoms with Gasteiger partial charge in [0.05, 0.1) is 11.0 Å². The van der Waals surface area contributed by atoms with Gasteiger partial charge in [-0.1, -0.05) is 13.8 Å². The van der Waals surface area contributed by atoms with E-state index in [2.05, 4.69) is 5.32 Å². The summed E-state index contributed by atoms with van der Waals surface area (Å²) >= 11 is 0. The highest BCUT2D eigenvalue weighted by atomic mass is 16.6. The number of rotatable bonds is 4. The topological polar surface area (TPSA) is 102 Å². The number of hydrogen-bond acceptors (Lipinski definition) is 5. The number of nitro benzene ring substituents is 1. The number of benzene rings is 1. The van der Waals surface area contributed by atoms with Crippen molar-refractivity contribution in [2.24, 2.45) is 5.41 Å². The molecule has 2 atom stereocenters. The standard InChI is InChI=1S/C14H18N2O5/c1-14(2)11(7-12(14)21-3)15-13(18)9-6-8(17)4-5-10(9)16(19)20/h4-6,11-12,17H,7H2,1-3H3,(H,15,18). The van der Waals surface area contributed by atoms with Crippen LogP contribution in [0.3, 0.4) is 0 Å². The average molecular weight is 294 g/mol. The number of methoxy groups -OCH3 is 1. The lowest BCUT2D eigenvalue weighted by Gasteiger charge is -2.51. The molecule has 1 saturated carbocycles. The summed E-state index contributed by atoms with van der Waals surface area (Å²) in [5.74, 6) is -0.751. The summed E-state index contributed by atoms with van der Waals surface area (Å²) in [7, 11) is 1.62. The average Bonchev–Trinajstić information content (AvgIpc) is 2.42. The van der Waals surface area contributed by atoms with Crippen LogP contribution >= 0.6 is 0 Å². The highest BCUT2D eigenvalue weighted by Crippen LogP contribution is 2.42. The van der Waals surface area contributed by atoms with Crippen LogP contribution in [0.15, 0.2) is 18.2 Å². The first-order valence-electron chi connectivity index (χ1n) is 6.58. The molecule has 0 spiro atoms. The molecule has 0 radical (unpaired) electrons. The molecule has 1 aliphatic carbocycles. The molecule has 2 rings (SSSR count). The van der Waals surface area contributed by atoms with E-state index in [-0.39, 0.29) is 34.6 Å². The van der Waals surface area contributed by atoms with Crippen LogP contribution in [0.2, 0.25) is 0 Å². The largest absolute Gasteiger partial charge is 0.508 e. The van der Waals surface area contributed by atoms with E-state index < -0.39 is 10.8 Å². The summed E-state index contributed by atoms with van der Waals surface area (Å²) in [5, 5.41) is 23.2. The quantitative estimate of drug-likeness (QED) is 0.651. The lowest BCUT2D eigenvalue weighted by molar-refractivity contribution is -0.385. The molecular formula is C14H18N2O5. The van der Waals surface area contributed by atoms with Crippen molar-refractivity contribution in [3.63, 3.8) is 0 Å². The van der Waals surface area contributed by atoms with E-state index in [1.165, 1.54) is 6.07 Å². The van der Waals surface area contributed by atoms with Crippen molar-refractivity contribution in [1.29, 1.82) is 0 Å². The van der Waals surface area contributed by atoms with E-state index in [1.807, 2.05) is 13.8 Å². The second-order valence-electron chi connectivity index (χ2n) is 5.77. The molecule has 0 heterocycles. The maximum atomic E-state index is 12.2. The molecule has 1 fully saturated rings. The number of carbonyl (C=O) groups excluding carboxylic acids is 1. The summed E-state index contributed by atoms with van der Waals surface area (Å²) in [5.41, 5.74) is -0.710. The maximum absolute atomic E-state index is 12.2. The van der Waals surface area contributed by atoms with Crippen LogP contribution in [0.4, 0.5) is 5.69 Å². The Kier molecular flexibility index (Phi) is 3.87. The van der Waals surface area contributed by atoms with Crippen molar-refractivity contribution in [3.05, 3.63) is 33.9 Å². The van der Waals surface area contributed by atoms with Gasteiger partial charge in [-0.05, 0) is 18.6 Å². The lowest BCUT2D eigenvalue weighted by atomic mass is 9.64. The zero-order chi connectivity index (χ0) is 15.8. The molecule has 0 aromatic heterocycles. The normalized spacial score (nSPS) is 23.2. The van der Waals surface area contributed by atoms with E-state index in [4.69, 9.17) is 4.74 Å². The van der Waals surface area contributed by atoms with Gasteiger partial charge in [0.15, 0.2) is 0 Å². The van der Waals surface area contributed by atoms with E-state index in [9.17, 15) is 20.0 Å². The zero-order valence-corrected chi connectivity index (χ0v) is 12.1. The van der Waals surface area contributed by atoms with Crippen molar-refractivity contribution < 1.29 is 19.6 Å². The first-order chi connectivity index (χ1) is 9.77. The molecule has 1 aliphatic rings. The second kappa shape index (κ2) is 5.33. The summed E-state index contributed by atoms with van der Waals surface area (Å²) in [6, 6.07) is 3.28. The summed E-state index contributed by atoms with van der Waals surface area (Å²) in [6.07, 6.45) is 0.698. The summed E-state index contributed by atoms with van der Waals surface area (Å²) < 4.78 is 5.30. The third-order valence-electron chi connectivity index (χ3n) is 4.19. The highest BCUT2D eigenvalue weighted by molar-refractivity contribution is 5.98. The van der Waals surface area contributed by atoms with E-state index >= 15 is 0 Å². The number of phenols is 1. The number of nitrogens with zero attached hydrogens (tertiary/aromatic N) is 1. The first kappa shape index (κ1) is 15.2. The second-order valence-corrected chi connectivity index (χ2v) is 5.77. The smallest absolute Gasteiger partial charge is 0.282 e. The summed E-state index contributed by atoms with van der Waals surface area (Å²) in [6.45, 7) is 3.93. The molecule has 0 bridgehead atoms. The fourth-order valence-electron chi connectivity index (χ4n) is 2.63. The number of hydrogen-bond donors (Lipinski definition) is 2. The lowest BCUT2D eigenvalue weighted by Crippen LogP contribution is -2.61. The van der Waals surface area contributed by atoms with Gasteiger partial charge in [0, 0.05) is 24.6 Å². The Morgan fingerprint density at radius 2 is 2.19 bits per heavy atom. The number of aromatic hydroxyl groups is 1. The summed E-state index contributed by atoms with van der Waals surface area (Å²) in [4.78, 5) is 22.6. The van der Waals surface area contributed by atoms with Gasteiger partial charge in [0.1, 0.15) is 11.3 Å². The minimum Gasteiger partial charge on any atom is -0.508 e. The predicted octanol–water partition coefficient (Wildman–Crippen LogP) is 1.84. The molecule has 1 aromatic carbocycles. The number of ether oxygens (including phenoxy) is 1. The van der Waals surface area contributed by atoms with Crippen LogP contribution in [0.5, 0.6) is 5.75 Å². The van der Waals surface area contributed by atoms with Crippen LogP contribution in [0.1, 0.15) is 30.6 Å². The van der Waals surface area contributed by atoms with Gasteiger partial charge in [0.2, 0.25) is 0 Å². The minimum absolute atomic E-state index is 0.0435. The Hall–Kier alpha value is -2.15. The molecular weight excluding hydrogens is 276 g/mol. The van der Waals surface area contributed by atoms with Crippen molar-refractivity contribution in [3.8, 4) is 5.75 Å². The van der Waals surface area contributed by atoms with Crippen molar-refractivity contribution in [2.45, 2.75) is 32.4 Å². The van der Waals surface area contributed by atoms with E-state index in [0.29, 0.717) is 6.42 Å². The van der Waals surface area contributed by atoms with Gasteiger partial charge in [-0.25, -0.2) is 0 Å². The van der Waals surface area contributed by atoms with Gasteiger partial charge in [0.25, 0.3) is 11.6 Å². The monoisotopic (exact) mass is 294 g/mol. The van der Waals surface area contributed by atoms with E-state index in [1.54, 1.807) is 7.11 Å². The SMILES string of the molecule is COC1CC(NC(=O)c2cc(O)ccc2[N+](=O)[O-])C1(C)C. The molecule has 114 valence electrons. The molecule has 7 nitrogen and oxygen atoms in total. The minimum atomic E-state index is -0.641. The molecule has 21 heavy (non-hydrogen) atoms. The van der Waals surface area contributed by atoms with Crippen LogP contribution in [-0.2, 0) is 4.74 Å². The molecule has 7 heteroatoms. The number of nitrogens with one attached hydrogen (secondary N) is 1. The number of nitro groups is 1. The number of phenolic OH excluding ortho intramolecular Hbond substituents is 1. The number of carbonyl (C=O) groups is 1. The van der Waals surface area contributed by atoms with Crippen LogP contribution in [-0.4, -0.2) is 35.2 Å². The van der Waals surface area contributed by atoms with Crippen molar-refractivity contribution in [1.82, 2.24) is 5.32 Å². The molecule has 0 saturated heterocycles. The Morgan fingerprint density at radius 3 is 2.71 bits per heavy atom.